The molecule has 8 heteroatoms. The normalized spacial score (nSPS) is 17.0. The second-order valence-corrected chi connectivity index (χ2v) is 8.30. The first kappa shape index (κ1) is 18.2. The molecule has 4 heterocycles. The molecule has 4 rings (SSSR count). The van der Waals surface area contributed by atoms with Crippen molar-refractivity contribution in [2.75, 3.05) is 19.6 Å². The molecule has 0 aromatic carbocycles. The fourth-order valence-electron chi connectivity index (χ4n) is 3.94. The zero-order valence-corrected chi connectivity index (χ0v) is 16.4. The Morgan fingerprint density at radius 3 is 2.63 bits per heavy atom. The summed E-state index contributed by atoms with van der Waals surface area (Å²) in [6, 6.07) is 0. The molecule has 0 bridgehead atoms. The third-order valence-electron chi connectivity index (χ3n) is 5.48. The Morgan fingerprint density at radius 2 is 1.85 bits per heavy atom. The maximum atomic E-state index is 13.0. The van der Waals surface area contributed by atoms with Gasteiger partial charge < -0.3 is 10.2 Å². The summed E-state index contributed by atoms with van der Waals surface area (Å²) in [7, 11) is 0. The number of nitrogens with zero attached hydrogens (tertiary/aromatic N) is 3. The van der Waals surface area contributed by atoms with Gasteiger partial charge in [0.2, 0.25) is 5.91 Å². The highest BCUT2D eigenvalue weighted by Crippen LogP contribution is 2.28. The van der Waals surface area contributed by atoms with Crippen molar-refractivity contribution in [2.24, 2.45) is 0 Å². The third-order valence-corrected chi connectivity index (χ3v) is 6.66. The fraction of sp³-hybridized carbons (Fsp3) is 0.579. The Balaban J connectivity index is 1.59. The Labute approximate surface area is 161 Å². The van der Waals surface area contributed by atoms with E-state index in [9.17, 15) is 14.4 Å². The second-order valence-electron chi connectivity index (χ2n) is 7.30. The molecule has 2 aliphatic heterocycles. The lowest BCUT2D eigenvalue weighted by molar-refractivity contribution is -0.129. The summed E-state index contributed by atoms with van der Waals surface area (Å²) in [5.74, 6) is 0.467. The van der Waals surface area contributed by atoms with Gasteiger partial charge in [-0.2, -0.15) is 0 Å². The molecule has 0 spiro atoms. The molecule has 2 aromatic heterocycles. The molecule has 1 N–H and O–H groups in total. The molecule has 144 valence electrons. The van der Waals surface area contributed by atoms with Crippen LogP contribution in [0, 0.1) is 6.92 Å². The van der Waals surface area contributed by atoms with E-state index in [0.717, 1.165) is 57.4 Å². The van der Waals surface area contributed by atoms with Crippen molar-refractivity contribution in [1.82, 2.24) is 19.8 Å². The van der Waals surface area contributed by atoms with E-state index in [1.165, 1.54) is 11.3 Å². The zero-order valence-electron chi connectivity index (χ0n) is 15.5. The Morgan fingerprint density at radius 1 is 1.11 bits per heavy atom. The molecular formula is C19H24N4O3S. The monoisotopic (exact) mass is 388 g/mol. The smallest absolute Gasteiger partial charge is 0.262 e. The summed E-state index contributed by atoms with van der Waals surface area (Å²) in [5.41, 5.74) is 0.621. The van der Waals surface area contributed by atoms with E-state index in [1.54, 1.807) is 16.4 Å². The maximum absolute atomic E-state index is 13.0. The standard InChI is InChI=1S/C19H24N4O3S/c1-12-15-18(21-13-7-3-2-4-10-23(13)19(15)26)27-16(12)17(25)20-11-14(24)22-8-5-6-9-22/h2-11H2,1H3,(H,20,25). The Hall–Kier alpha value is -2.22. The molecule has 2 amide bonds. The van der Waals surface area contributed by atoms with Crippen LogP contribution in [0.5, 0.6) is 0 Å². The highest BCUT2D eigenvalue weighted by molar-refractivity contribution is 7.20. The number of rotatable bonds is 3. The molecule has 7 nitrogen and oxygen atoms in total. The largest absolute Gasteiger partial charge is 0.342 e. The lowest BCUT2D eigenvalue weighted by Gasteiger charge is -2.15. The maximum Gasteiger partial charge on any atom is 0.262 e. The van der Waals surface area contributed by atoms with Crippen LogP contribution < -0.4 is 10.9 Å². The van der Waals surface area contributed by atoms with Gasteiger partial charge in [-0.25, -0.2) is 4.98 Å². The summed E-state index contributed by atoms with van der Waals surface area (Å²) in [4.78, 5) is 45.3. The second kappa shape index (κ2) is 7.42. The first-order valence-electron chi connectivity index (χ1n) is 9.65. The number of fused-ring (bicyclic) bond motifs is 2. The van der Waals surface area contributed by atoms with Crippen molar-refractivity contribution in [3.8, 4) is 0 Å². The summed E-state index contributed by atoms with van der Waals surface area (Å²) in [5, 5.41) is 3.26. The van der Waals surface area contributed by atoms with Crippen LogP contribution in [0.4, 0.5) is 0 Å². The number of hydrogen-bond donors (Lipinski definition) is 1. The summed E-state index contributed by atoms with van der Waals surface area (Å²) in [6.45, 7) is 4.02. The Kier molecular flexibility index (Phi) is 4.99. The van der Waals surface area contributed by atoms with Crippen molar-refractivity contribution >= 4 is 33.4 Å². The van der Waals surface area contributed by atoms with E-state index in [0.29, 0.717) is 27.2 Å². The molecule has 0 aliphatic carbocycles. The predicted molar refractivity (Wildman–Crippen MR) is 104 cm³/mol. The van der Waals surface area contributed by atoms with Crippen LogP contribution in [0.15, 0.2) is 4.79 Å². The van der Waals surface area contributed by atoms with Gasteiger partial charge in [0.25, 0.3) is 11.5 Å². The Bertz CT molecular complexity index is 956. The number of aromatic nitrogens is 2. The zero-order chi connectivity index (χ0) is 19.0. The number of hydrogen-bond acceptors (Lipinski definition) is 5. The molecule has 27 heavy (non-hydrogen) atoms. The fourth-order valence-corrected chi connectivity index (χ4v) is 5.05. The summed E-state index contributed by atoms with van der Waals surface area (Å²) < 4.78 is 1.77. The van der Waals surface area contributed by atoms with Crippen molar-refractivity contribution in [2.45, 2.75) is 52.0 Å². The molecule has 2 aliphatic rings. The van der Waals surface area contributed by atoms with E-state index in [4.69, 9.17) is 0 Å². The first-order chi connectivity index (χ1) is 13.1. The van der Waals surface area contributed by atoms with Gasteiger partial charge in [0.1, 0.15) is 10.7 Å². The van der Waals surface area contributed by atoms with Gasteiger partial charge in [0.05, 0.1) is 16.8 Å². The van der Waals surface area contributed by atoms with Crippen molar-refractivity contribution < 1.29 is 9.59 Å². The number of carbonyl (C=O) groups is 2. The molecule has 1 saturated heterocycles. The molecule has 2 aromatic rings. The van der Waals surface area contributed by atoms with Gasteiger partial charge in [0.15, 0.2) is 0 Å². The highest BCUT2D eigenvalue weighted by Gasteiger charge is 2.23. The molecule has 1 fully saturated rings. The minimum Gasteiger partial charge on any atom is -0.342 e. The minimum absolute atomic E-state index is 0.00453. The van der Waals surface area contributed by atoms with Crippen LogP contribution in [-0.4, -0.2) is 45.9 Å². The number of likely N-dealkylation sites (tertiary alicyclic amines) is 1. The van der Waals surface area contributed by atoms with Gasteiger partial charge >= 0.3 is 0 Å². The van der Waals surface area contributed by atoms with Crippen LogP contribution in [0.1, 0.15) is 53.2 Å². The van der Waals surface area contributed by atoms with Crippen LogP contribution in [0.3, 0.4) is 0 Å². The molecule has 0 atom stereocenters. The van der Waals surface area contributed by atoms with Gasteiger partial charge in [0, 0.05) is 26.1 Å². The highest BCUT2D eigenvalue weighted by atomic mass is 32.1. The number of nitrogens with one attached hydrogen (secondary N) is 1. The minimum atomic E-state index is -0.303. The quantitative estimate of drug-likeness (QED) is 0.870. The SMILES string of the molecule is Cc1c(C(=O)NCC(=O)N2CCCC2)sc2nc3n(c(=O)c12)CCCCC3. The van der Waals surface area contributed by atoms with Crippen LogP contribution >= 0.6 is 11.3 Å². The van der Waals surface area contributed by atoms with Gasteiger partial charge in [-0.1, -0.05) is 6.42 Å². The number of thiophene rings is 1. The molecule has 0 unspecified atom stereocenters. The topological polar surface area (TPSA) is 84.3 Å². The van der Waals surface area contributed by atoms with E-state index in [1.807, 2.05) is 0 Å². The van der Waals surface area contributed by atoms with Gasteiger partial charge in [-0.05, 0) is 38.2 Å². The predicted octanol–water partition coefficient (Wildman–Crippen LogP) is 1.85. The molecule has 0 radical (unpaired) electrons. The van der Waals surface area contributed by atoms with E-state index >= 15 is 0 Å². The average molecular weight is 388 g/mol. The van der Waals surface area contributed by atoms with E-state index in [2.05, 4.69) is 10.3 Å². The van der Waals surface area contributed by atoms with Crippen molar-refractivity contribution in [3.63, 3.8) is 0 Å². The number of amides is 2. The van der Waals surface area contributed by atoms with Crippen LogP contribution in [0.25, 0.3) is 10.2 Å². The van der Waals surface area contributed by atoms with Crippen LogP contribution in [-0.2, 0) is 17.8 Å². The summed E-state index contributed by atoms with van der Waals surface area (Å²) >= 11 is 1.25. The van der Waals surface area contributed by atoms with Crippen molar-refractivity contribution in [3.05, 3.63) is 26.6 Å². The third kappa shape index (κ3) is 3.38. The van der Waals surface area contributed by atoms with Crippen molar-refractivity contribution in [1.29, 1.82) is 0 Å². The van der Waals surface area contributed by atoms with Crippen LogP contribution in [0.2, 0.25) is 0 Å². The van der Waals surface area contributed by atoms with Gasteiger partial charge in [-0.3, -0.25) is 19.0 Å². The van der Waals surface area contributed by atoms with E-state index < -0.39 is 0 Å². The molecular weight excluding hydrogens is 364 g/mol. The van der Waals surface area contributed by atoms with E-state index in [-0.39, 0.29) is 23.9 Å². The lowest BCUT2D eigenvalue weighted by Crippen LogP contribution is -2.38. The number of aryl methyl sites for hydroxylation is 2. The average Bonchev–Trinajstić information content (AvgIpc) is 3.23. The lowest BCUT2D eigenvalue weighted by atomic mass is 10.2. The summed E-state index contributed by atoms with van der Waals surface area (Å²) in [6.07, 6.45) is 5.97. The molecule has 0 saturated carbocycles. The first-order valence-corrected chi connectivity index (χ1v) is 10.5. The van der Waals surface area contributed by atoms with Gasteiger partial charge in [-0.15, -0.1) is 11.3 Å². The number of carbonyl (C=O) groups excluding carboxylic acids is 2.